The van der Waals surface area contributed by atoms with Crippen LogP contribution in [-0.2, 0) is 11.2 Å². The van der Waals surface area contributed by atoms with Crippen LogP contribution in [0, 0.1) is 0 Å². The Kier molecular flexibility index (Phi) is 3.86. The van der Waals surface area contributed by atoms with E-state index in [-0.39, 0.29) is 0 Å². The number of pyridine rings is 1. The molecule has 1 aromatic heterocycles. The molecule has 2 aromatic rings. The van der Waals surface area contributed by atoms with Crippen molar-refractivity contribution in [2.75, 3.05) is 0 Å². The van der Waals surface area contributed by atoms with Crippen LogP contribution < -0.4 is 5.11 Å². The molecule has 0 spiro atoms. The first-order valence-corrected chi connectivity index (χ1v) is 5.61. The first kappa shape index (κ1) is 12.0. The fraction of sp³-hybridized carbons (Fsp3) is 0.0667. The number of benzene rings is 1. The number of aliphatic carboxylic acids is 1. The van der Waals surface area contributed by atoms with Gasteiger partial charge in [0.1, 0.15) is 0 Å². The molecule has 0 unspecified atom stereocenters. The summed E-state index contributed by atoms with van der Waals surface area (Å²) in [7, 11) is 0. The molecule has 0 N–H and O–H groups in total. The lowest BCUT2D eigenvalue weighted by Gasteiger charge is -2.02. The summed E-state index contributed by atoms with van der Waals surface area (Å²) < 4.78 is 0. The van der Waals surface area contributed by atoms with Crippen molar-refractivity contribution in [3.8, 4) is 0 Å². The van der Waals surface area contributed by atoms with Crippen LogP contribution >= 0.6 is 0 Å². The minimum Gasteiger partial charge on any atom is -0.545 e. The summed E-state index contributed by atoms with van der Waals surface area (Å²) >= 11 is 0. The second kappa shape index (κ2) is 5.77. The molecule has 0 saturated heterocycles. The van der Waals surface area contributed by atoms with Crippen LogP contribution in [0.2, 0.25) is 0 Å². The third-order valence-electron chi connectivity index (χ3n) is 2.52. The van der Waals surface area contributed by atoms with Crippen molar-refractivity contribution in [3.05, 3.63) is 71.6 Å². The molecule has 0 atom stereocenters. The topological polar surface area (TPSA) is 53.0 Å². The van der Waals surface area contributed by atoms with Crippen LogP contribution in [0.4, 0.5) is 0 Å². The van der Waals surface area contributed by atoms with E-state index in [1.807, 2.05) is 42.6 Å². The van der Waals surface area contributed by atoms with E-state index in [0.29, 0.717) is 0 Å². The molecule has 0 aliphatic rings. The molecule has 0 fully saturated rings. The zero-order valence-electron chi connectivity index (χ0n) is 9.74. The Morgan fingerprint density at radius 3 is 2.56 bits per heavy atom. The Morgan fingerprint density at radius 1 is 1.17 bits per heavy atom. The third kappa shape index (κ3) is 3.56. The smallest absolute Gasteiger partial charge is 0.0643 e. The van der Waals surface area contributed by atoms with Gasteiger partial charge in [-0.1, -0.05) is 36.4 Å². The zero-order chi connectivity index (χ0) is 12.8. The molecule has 1 aromatic carbocycles. The maximum atomic E-state index is 10.3. The standard InChI is InChI=1S/C15H13NO2/c17-15(18)8-7-12-3-5-13(6-4-12)10-14-2-1-9-16-11-14/h1-9,11H,10H2,(H,17,18)/p-1/b8-7+. The van der Waals surface area contributed by atoms with Crippen LogP contribution in [0.5, 0.6) is 0 Å². The van der Waals surface area contributed by atoms with Gasteiger partial charge in [0.25, 0.3) is 0 Å². The van der Waals surface area contributed by atoms with E-state index in [1.54, 1.807) is 6.20 Å². The maximum absolute atomic E-state index is 10.3. The van der Waals surface area contributed by atoms with Gasteiger partial charge in [0.15, 0.2) is 0 Å². The van der Waals surface area contributed by atoms with Crippen molar-refractivity contribution in [2.24, 2.45) is 0 Å². The first-order valence-electron chi connectivity index (χ1n) is 5.61. The second-order valence-corrected chi connectivity index (χ2v) is 3.93. The van der Waals surface area contributed by atoms with Gasteiger partial charge in [0.2, 0.25) is 0 Å². The lowest BCUT2D eigenvalue weighted by atomic mass is 10.0. The van der Waals surface area contributed by atoms with E-state index in [0.717, 1.165) is 29.2 Å². The molecule has 3 nitrogen and oxygen atoms in total. The normalized spacial score (nSPS) is 10.7. The molecule has 0 bridgehead atoms. The van der Waals surface area contributed by atoms with Crippen LogP contribution in [0.3, 0.4) is 0 Å². The predicted molar refractivity (Wildman–Crippen MR) is 67.5 cm³/mol. The summed E-state index contributed by atoms with van der Waals surface area (Å²) in [5.41, 5.74) is 3.15. The van der Waals surface area contributed by atoms with E-state index in [2.05, 4.69) is 4.98 Å². The Balaban J connectivity index is 2.06. The summed E-state index contributed by atoms with van der Waals surface area (Å²) in [6.07, 6.45) is 6.94. The highest BCUT2D eigenvalue weighted by atomic mass is 16.4. The van der Waals surface area contributed by atoms with Crippen LogP contribution in [0.1, 0.15) is 16.7 Å². The average molecular weight is 238 g/mol. The first-order chi connectivity index (χ1) is 8.74. The summed E-state index contributed by atoms with van der Waals surface area (Å²) in [6.45, 7) is 0. The minimum atomic E-state index is -1.19. The molecular weight excluding hydrogens is 226 g/mol. The minimum absolute atomic E-state index is 0.818. The number of nitrogens with zero attached hydrogens (tertiary/aromatic N) is 1. The van der Waals surface area contributed by atoms with E-state index in [9.17, 15) is 9.90 Å². The van der Waals surface area contributed by atoms with Crippen molar-refractivity contribution in [2.45, 2.75) is 6.42 Å². The highest BCUT2D eigenvalue weighted by molar-refractivity contribution is 5.83. The van der Waals surface area contributed by atoms with Gasteiger partial charge in [-0.15, -0.1) is 0 Å². The summed E-state index contributed by atoms with van der Waals surface area (Å²) in [4.78, 5) is 14.3. The lowest BCUT2D eigenvalue weighted by Crippen LogP contribution is -2.18. The Labute approximate surface area is 105 Å². The Bertz CT molecular complexity index is 544. The van der Waals surface area contributed by atoms with Crippen molar-refractivity contribution in [1.29, 1.82) is 0 Å². The molecule has 0 saturated carbocycles. The predicted octanol–water partition coefficient (Wildman–Crippen LogP) is 1.44. The Morgan fingerprint density at radius 2 is 1.94 bits per heavy atom. The van der Waals surface area contributed by atoms with Crippen molar-refractivity contribution in [1.82, 2.24) is 4.98 Å². The molecule has 0 amide bonds. The molecule has 0 aliphatic carbocycles. The molecule has 0 aliphatic heterocycles. The molecule has 3 heteroatoms. The number of carboxylic acid groups (broad SMARTS) is 1. The largest absolute Gasteiger partial charge is 0.545 e. The van der Waals surface area contributed by atoms with Crippen molar-refractivity contribution >= 4 is 12.0 Å². The molecule has 90 valence electrons. The van der Waals surface area contributed by atoms with E-state index in [1.165, 1.54) is 6.08 Å². The van der Waals surface area contributed by atoms with Gasteiger partial charge in [-0.05, 0) is 35.3 Å². The van der Waals surface area contributed by atoms with Gasteiger partial charge in [0.05, 0.1) is 5.97 Å². The van der Waals surface area contributed by atoms with Crippen molar-refractivity contribution < 1.29 is 9.90 Å². The molecule has 2 rings (SSSR count). The lowest BCUT2D eigenvalue weighted by molar-refractivity contribution is -0.297. The van der Waals surface area contributed by atoms with E-state index < -0.39 is 5.97 Å². The molecule has 0 radical (unpaired) electrons. The average Bonchev–Trinajstić information content (AvgIpc) is 2.39. The Hall–Kier alpha value is -2.42. The molecule has 18 heavy (non-hydrogen) atoms. The number of hydrogen-bond donors (Lipinski definition) is 0. The number of hydrogen-bond acceptors (Lipinski definition) is 3. The van der Waals surface area contributed by atoms with E-state index in [4.69, 9.17) is 0 Å². The van der Waals surface area contributed by atoms with Gasteiger partial charge < -0.3 is 9.90 Å². The van der Waals surface area contributed by atoms with Crippen molar-refractivity contribution in [3.63, 3.8) is 0 Å². The monoisotopic (exact) mass is 238 g/mol. The van der Waals surface area contributed by atoms with E-state index >= 15 is 0 Å². The highest BCUT2D eigenvalue weighted by Crippen LogP contribution is 2.10. The number of carbonyl (C=O) groups is 1. The highest BCUT2D eigenvalue weighted by Gasteiger charge is 1.95. The SMILES string of the molecule is O=C([O-])/C=C/c1ccc(Cc2cccnc2)cc1. The molecular formula is C15H12NO2-. The fourth-order valence-corrected chi connectivity index (χ4v) is 1.65. The maximum Gasteiger partial charge on any atom is 0.0643 e. The third-order valence-corrected chi connectivity index (χ3v) is 2.52. The number of rotatable bonds is 4. The van der Waals surface area contributed by atoms with Gasteiger partial charge >= 0.3 is 0 Å². The van der Waals surface area contributed by atoms with Gasteiger partial charge in [-0.25, -0.2) is 0 Å². The van der Waals surface area contributed by atoms with Crippen LogP contribution in [-0.4, -0.2) is 11.0 Å². The fourth-order valence-electron chi connectivity index (χ4n) is 1.65. The van der Waals surface area contributed by atoms with Gasteiger partial charge in [-0.2, -0.15) is 0 Å². The van der Waals surface area contributed by atoms with Gasteiger partial charge in [0, 0.05) is 12.4 Å². The number of carboxylic acids is 1. The zero-order valence-corrected chi connectivity index (χ0v) is 9.74. The number of aromatic nitrogens is 1. The summed E-state index contributed by atoms with van der Waals surface area (Å²) in [6, 6.07) is 11.6. The van der Waals surface area contributed by atoms with Crippen LogP contribution in [0.15, 0.2) is 54.9 Å². The van der Waals surface area contributed by atoms with Crippen LogP contribution in [0.25, 0.3) is 6.08 Å². The summed E-state index contributed by atoms with van der Waals surface area (Å²) in [5, 5.41) is 10.3. The summed E-state index contributed by atoms with van der Waals surface area (Å²) in [5.74, 6) is -1.19. The second-order valence-electron chi connectivity index (χ2n) is 3.93. The van der Waals surface area contributed by atoms with Gasteiger partial charge in [-0.3, -0.25) is 4.98 Å². The quantitative estimate of drug-likeness (QED) is 0.757. The number of carbonyl (C=O) groups excluding carboxylic acids is 1. The molecule has 1 heterocycles.